The van der Waals surface area contributed by atoms with E-state index < -0.39 is 5.79 Å². The number of hydrogen-bond acceptors (Lipinski definition) is 4. The molecule has 0 radical (unpaired) electrons. The molecule has 0 aromatic heterocycles. The summed E-state index contributed by atoms with van der Waals surface area (Å²) < 4.78 is 17.7. The zero-order chi connectivity index (χ0) is 19.9. The standard InChI is InChI=1S/C24H33NO3/c1-4-24(27-3)19-23(15-17-28-24,21-12-8-9-13-22(21)26-2)14-16-25-18-20-10-6-5-7-11-20/h5-13,25H,4,14-19H2,1-3H3. The molecule has 152 valence electrons. The number of methoxy groups -OCH3 is 2. The van der Waals surface area contributed by atoms with Gasteiger partial charge < -0.3 is 19.5 Å². The second-order valence-electron chi connectivity index (χ2n) is 7.64. The Morgan fingerprint density at radius 1 is 1.04 bits per heavy atom. The molecule has 0 amide bonds. The molecule has 2 atom stereocenters. The zero-order valence-corrected chi connectivity index (χ0v) is 17.4. The van der Waals surface area contributed by atoms with Crippen molar-refractivity contribution in [3.05, 3.63) is 65.7 Å². The van der Waals surface area contributed by atoms with Gasteiger partial charge in [0.05, 0.1) is 13.7 Å². The van der Waals surface area contributed by atoms with E-state index in [0.717, 1.165) is 44.5 Å². The van der Waals surface area contributed by atoms with Crippen molar-refractivity contribution in [3.8, 4) is 5.75 Å². The van der Waals surface area contributed by atoms with Gasteiger partial charge in [0.2, 0.25) is 0 Å². The Morgan fingerprint density at radius 3 is 2.50 bits per heavy atom. The number of rotatable bonds is 9. The molecule has 4 heteroatoms. The predicted octanol–water partition coefficient (Wildman–Crippen LogP) is 4.68. The van der Waals surface area contributed by atoms with Gasteiger partial charge in [-0.3, -0.25) is 0 Å². The van der Waals surface area contributed by atoms with E-state index in [-0.39, 0.29) is 5.41 Å². The highest BCUT2D eigenvalue weighted by Crippen LogP contribution is 2.48. The van der Waals surface area contributed by atoms with Crippen LogP contribution in [0.4, 0.5) is 0 Å². The summed E-state index contributed by atoms with van der Waals surface area (Å²) in [6, 6.07) is 18.9. The van der Waals surface area contributed by atoms with Gasteiger partial charge in [0, 0.05) is 31.1 Å². The molecule has 4 nitrogen and oxygen atoms in total. The van der Waals surface area contributed by atoms with Gasteiger partial charge in [0.15, 0.2) is 5.79 Å². The van der Waals surface area contributed by atoms with E-state index in [0.29, 0.717) is 6.61 Å². The van der Waals surface area contributed by atoms with Crippen LogP contribution in [0.15, 0.2) is 54.6 Å². The predicted molar refractivity (Wildman–Crippen MR) is 113 cm³/mol. The molecule has 1 saturated heterocycles. The first-order chi connectivity index (χ1) is 13.7. The summed E-state index contributed by atoms with van der Waals surface area (Å²) in [6.45, 7) is 4.63. The van der Waals surface area contributed by atoms with E-state index in [9.17, 15) is 0 Å². The summed E-state index contributed by atoms with van der Waals surface area (Å²) in [5, 5.41) is 3.62. The lowest BCUT2D eigenvalue weighted by Gasteiger charge is -2.47. The Balaban J connectivity index is 1.80. The van der Waals surface area contributed by atoms with Crippen LogP contribution in [0.1, 0.15) is 43.7 Å². The topological polar surface area (TPSA) is 39.7 Å². The third kappa shape index (κ3) is 4.57. The summed E-state index contributed by atoms with van der Waals surface area (Å²) in [5.74, 6) is 0.423. The summed E-state index contributed by atoms with van der Waals surface area (Å²) in [7, 11) is 3.51. The van der Waals surface area contributed by atoms with Gasteiger partial charge in [0.1, 0.15) is 5.75 Å². The SMILES string of the molecule is CCC1(OC)CC(CCNCc2ccccc2)(c2ccccc2OC)CCO1. The average molecular weight is 384 g/mol. The number of ether oxygens (including phenoxy) is 3. The lowest BCUT2D eigenvalue weighted by Crippen LogP contribution is -2.49. The molecule has 3 rings (SSSR count). The first-order valence-corrected chi connectivity index (χ1v) is 10.2. The van der Waals surface area contributed by atoms with Gasteiger partial charge in [-0.05, 0) is 37.4 Å². The van der Waals surface area contributed by atoms with Crippen molar-refractivity contribution < 1.29 is 14.2 Å². The Kier molecular flexibility index (Phi) is 7.11. The Hall–Kier alpha value is -1.88. The fourth-order valence-electron chi connectivity index (χ4n) is 4.41. The van der Waals surface area contributed by atoms with Crippen molar-refractivity contribution in [2.24, 2.45) is 0 Å². The Labute approximate surface area is 169 Å². The molecule has 2 unspecified atom stereocenters. The number of benzene rings is 2. The van der Waals surface area contributed by atoms with Crippen LogP contribution in [0.25, 0.3) is 0 Å². The third-order valence-electron chi connectivity index (χ3n) is 6.09. The Morgan fingerprint density at radius 2 is 1.79 bits per heavy atom. The summed E-state index contributed by atoms with van der Waals surface area (Å²) in [6.07, 6.45) is 3.64. The van der Waals surface area contributed by atoms with E-state index >= 15 is 0 Å². The van der Waals surface area contributed by atoms with Gasteiger partial charge in [-0.15, -0.1) is 0 Å². The highest BCUT2D eigenvalue weighted by atomic mass is 16.7. The largest absolute Gasteiger partial charge is 0.496 e. The minimum absolute atomic E-state index is 0.0411. The Bertz CT molecular complexity index is 730. The van der Waals surface area contributed by atoms with Crippen molar-refractivity contribution >= 4 is 0 Å². The average Bonchev–Trinajstić information content (AvgIpc) is 2.77. The summed E-state index contributed by atoms with van der Waals surface area (Å²) >= 11 is 0. The molecule has 1 aliphatic heterocycles. The van der Waals surface area contributed by atoms with Crippen LogP contribution in [0.3, 0.4) is 0 Å². The fourth-order valence-corrected chi connectivity index (χ4v) is 4.41. The highest BCUT2D eigenvalue weighted by molar-refractivity contribution is 5.40. The third-order valence-corrected chi connectivity index (χ3v) is 6.09. The van der Waals surface area contributed by atoms with Crippen molar-refractivity contribution in [2.75, 3.05) is 27.4 Å². The maximum atomic E-state index is 6.11. The fraction of sp³-hybridized carbons (Fsp3) is 0.500. The minimum atomic E-state index is -0.529. The molecule has 0 aliphatic carbocycles. The first kappa shape index (κ1) is 20.8. The van der Waals surface area contributed by atoms with Crippen LogP contribution in [0, 0.1) is 0 Å². The molecule has 1 N–H and O–H groups in total. The molecule has 1 aliphatic rings. The summed E-state index contributed by atoms with van der Waals surface area (Å²) in [5.41, 5.74) is 2.53. The van der Waals surface area contributed by atoms with Gasteiger partial charge in [-0.25, -0.2) is 0 Å². The van der Waals surface area contributed by atoms with Crippen molar-refractivity contribution in [1.29, 1.82) is 0 Å². The van der Waals surface area contributed by atoms with Crippen LogP contribution in [0.5, 0.6) is 5.75 Å². The van der Waals surface area contributed by atoms with Gasteiger partial charge >= 0.3 is 0 Å². The van der Waals surface area contributed by atoms with Crippen molar-refractivity contribution in [1.82, 2.24) is 5.32 Å². The molecule has 2 aromatic rings. The maximum absolute atomic E-state index is 6.11. The van der Waals surface area contributed by atoms with Gasteiger partial charge in [-0.1, -0.05) is 55.5 Å². The van der Waals surface area contributed by atoms with E-state index in [1.165, 1.54) is 11.1 Å². The number of para-hydroxylation sites is 1. The van der Waals surface area contributed by atoms with E-state index in [1.807, 2.05) is 6.07 Å². The lowest BCUT2D eigenvalue weighted by atomic mass is 9.68. The van der Waals surface area contributed by atoms with Gasteiger partial charge in [0.25, 0.3) is 0 Å². The molecule has 1 heterocycles. The molecule has 0 saturated carbocycles. The smallest absolute Gasteiger partial charge is 0.168 e. The molecule has 1 fully saturated rings. The van der Waals surface area contributed by atoms with Crippen molar-refractivity contribution in [3.63, 3.8) is 0 Å². The second kappa shape index (κ2) is 9.55. The maximum Gasteiger partial charge on any atom is 0.168 e. The van der Waals surface area contributed by atoms with Crippen LogP contribution in [0.2, 0.25) is 0 Å². The first-order valence-electron chi connectivity index (χ1n) is 10.2. The van der Waals surface area contributed by atoms with Gasteiger partial charge in [-0.2, -0.15) is 0 Å². The monoisotopic (exact) mass is 383 g/mol. The molecular formula is C24H33NO3. The van der Waals surface area contributed by atoms with Crippen LogP contribution in [-0.2, 0) is 21.4 Å². The molecule has 28 heavy (non-hydrogen) atoms. The lowest BCUT2D eigenvalue weighted by molar-refractivity contribution is -0.258. The van der Waals surface area contributed by atoms with Crippen LogP contribution < -0.4 is 10.1 Å². The second-order valence-corrected chi connectivity index (χ2v) is 7.64. The molecular weight excluding hydrogens is 350 g/mol. The number of hydrogen-bond donors (Lipinski definition) is 1. The number of nitrogens with one attached hydrogen (secondary N) is 1. The van der Waals surface area contributed by atoms with Crippen LogP contribution >= 0.6 is 0 Å². The molecule has 0 bridgehead atoms. The van der Waals surface area contributed by atoms with E-state index in [1.54, 1.807) is 14.2 Å². The quantitative estimate of drug-likeness (QED) is 0.639. The minimum Gasteiger partial charge on any atom is -0.496 e. The van der Waals surface area contributed by atoms with Crippen LogP contribution in [-0.4, -0.2) is 33.2 Å². The van der Waals surface area contributed by atoms with E-state index in [2.05, 4.69) is 60.8 Å². The molecule has 0 spiro atoms. The normalized spacial score (nSPS) is 24.8. The molecule has 2 aromatic carbocycles. The zero-order valence-electron chi connectivity index (χ0n) is 17.4. The van der Waals surface area contributed by atoms with Crippen molar-refractivity contribution in [2.45, 2.75) is 50.4 Å². The summed E-state index contributed by atoms with van der Waals surface area (Å²) in [4.78, 5) is 0. The highest BCUT2D eigenvalue weighted by Gasteiger charge is 2.47. The van der Waals surface area contributed by atoms with E-state index in [4.69, 9.17) is 14.2 Å².